The van der Waals surface area contributed by atoms with Gasteiger partial charge < -0.3 is 15.8 Å². The van der Waals surface area contributed by atoms with Gasteiger partial charge in [-0.1, -0.05) is 18.2 Å². The van der Waals surface area contributed by atoms with Crippen molar-refractivity contribution in [3.8, 4) is 5.75 Å². The Labute approximate surface area is 113 Å². The zero-order valence-corrected chi connectivity index (χ0v) is 11.0. The maximum absolute atomic E-state index is 12.2. The van der Waals surface area contributed by atoms with Gasteiger partial charge in [-0.05, 0) is 31.2 Å². The Morgan fingerprint density at radius 1 is 1.37 bits per heavy atom. The third-order valence-electron chi connectivity index (χ3n) is 4.16. The smallest absolute Gasteiger partial charge is 0.231 e. The Bertz CT molecular complexity index is 475. The minimum Gasteiger partial charge on any atom is -0.492 e. The maximum Gasteiger partial charge on any atom is 0.231 e. The van der Waals surface area contributed by atoms with Crippen molar-refractivity contribution in [3.63, 3.8) is 0 Å². The average molecular weight is 260 g/mol. The number of benzene rings is 1. The Balaban J connectivity index is 1.57. The predicted molar refractivity (Wildman–Crippen MR) is 73.0 cm³/mol. The molecule has 4 nitrogen and oxygen atoms in total. The zero-order chi connectivity index (χ0) is 13.2. The van der Waals surface area contributed by atoms with E-state index in [1.807, 2.05) is 24.3 Å². The van der Waals surface area contributed by atoms with Crippen LogP contribution in [0.15, 0.2) is 24.3 Å². The van der Waals surface area contributed by atoms with Gasteiger partial charge in [0, 0.05) is 18.2 Å². The van der Waals surface area contributed by atoms with Gasteiger partial charge in [-0.25, -0.2) is 0 Å². The molecule has 1 heterocycles. The molecule has 3 unspecified atom stereocenters. The van der Waals surface area contributed by atoms with Crippen molar-refractivity contribution in [3.05, 3.63) is 29.8 Å². The molecule has 19 heavy (non-hydrogen) atoms. The molecule has 1 aliphatic carbocycles. The van der Waals surface area contributed by atoms with Crippen molar-refractivity contribution in [2.45, 2.75) is 31.2 Å². The Morgan fingerprint density at radius 3 is 3.00 bits per heavy atom. The number of nitrogens with two attached hydrogens (primary N) is 1. The minimum atomic E-state index is -0.161. The fraction of sp³-hybridized carbons (Fsp3) is 0.533. The van der Waals surface area contributed by atoms with Gasteiger partial charge in [0.05, 0.1) is 0 Å². The number of carbonyl (C=O) groups excluding carboxylic acids is 1. The molecule has 102 valence electrons. The van der Waals surface area contributed by atoms with Crippen molar-refractivity contribution in [1.82, 2.24) is 5.32 Å². The number of carbonyl (C=O) groups is 1. The third-order valence-corrected chi connectivity index (χ3v) is 4.16. The molecule has 3 N–H and O–H groups in total. The summed E-state index contributed by atoms with van der Waals surface area (Å²) in [5, 5.41) is 3.05. The molecular weight excluding hydrogens is 240 g/mol. The Hall–Kier alpha value is -1.55. The second kappa shape index (κ2) is 5.21. The van der Waals surface area contributed by atoms with Gasteiger partial charge in [0.2, 0.25) is 5.91 Å². The molecule has 0 bridgehead atoms. The summed E-state index contributed by atoms with van der Waals surface area (Å²) in [7, 11) is 0. The van der Waals surface area contributed by atoms with E-state index in [0.717, 1.165) is 37.1 Å². The number of para-hydroxylation sites is 1. The Kier molecular flexibility index (Phi) is 3.42. The van der Waals surface area contributed by atoms with Gasteiger partial charge in [-0.2, -0.15) is 0 Å². The molecule has 1 aliphatic heterocycles. The summed E-state index contributed by atoms with van der Waals surface area (Å²) in [5.41, 5.74) is 6.89. The van der Waals surface area contributed by atoms with E-state index in [4.69, 9.17) is 10.5 Å². The van der Waals surface area contributed by atoms with Crippen molar-refractivity contribution in [2.24, 2.45) is 11.7 Å². The van der Waals surface area contributed by atoms with E-state index in [9.17, 15) is 4.79 Å². The molecule has 1 amide bonds. The van der Waals surface area contributed by atoms with Gasteiger partial charge in [-0.15, -0.1) is 0 Å². The standard InChI is InChI=1S/C15H20N2O2/c16-11-6-5-10(7-11)8-17-15(18)13-9-19-14-4-2-1-3-12(13)14/h1-4,10-11,13H,5-9,16H2,(H,17,18). The fourth-order valence-electron chi connectivity index (χ4n) is 3.05. The topological polar surface area (TPSA) is 64.3 Å². The van der Waals surface area contributed by atoms with E-state index in [2.05, 4.69) is 5.32 Å². The second-order valence-corrected chi connectivity index (χ2v) is 5.59. The lowest BCUT2D eigenvalue weighted by molar-refractivity contribution is -0.122. The molecule has 1 saturated carbocycles. The van der Waals surface area contributed by atoms with Crippen molar-refractivity contribution in [1.29, 1.82) is 0 Å². The molecule has 0 saturated heterocycles. The summed E-state index contributed by atoms with van der Waals surface area (Å²) in [6.45, 7) is 1.20. The van der Waals surface area contributed by atoms with Crippen molar-refractivity contribution >= 4 is 5.91 Å². The van der Waals surface area contributed by atoms with Crippen LogP contribution in [-0.2, 0) is 4.79 Å². The van der Waals surface area contributed by atoms with Gasteiger partial charge >= 0.3 is 0 Å². The van der Waals surface area contributed by atoms with E-state index in [0.29, 0.717) is 18.6 Å². The predicted octanol–water partition coefficient (Wildman–Crippen LogP) is 1.41. The molecule has 0 radical (unpaired) electrons. The minimum absolute atomic E-state index is 0.0745. The highest BCUT2D eigenvalue weighted by atomic mass is 16.5. The summed E-state index contributed by atoms with van der Waals surface area (Å²) >= 11 is 0. The van der Waals surface area contributed by atoms with Crippen LogP contribution >= 0.6 is 0 Å². The number of amides is 1. The normalized spacial score (nSPS) is 28.8. The monoisotopic (exact) mass is 260 g/mol. The number of ether oxygens (including phenoxy) is 1. The average Bonchev–Trinajstić information content (AvgIpc) is 3.02. The second-order valence-electron chi connectivity index (χ2n) is 5.59. The lowest BCUT2D eigenvalue weighted by Crippen LogP contribution is -2.33. The van der Waals surface area contributed by atoms with E-state index < -0.39 is 0 Å². The van der Waals surface area contributed by atoms with Gasteiger partial charge in [0.25, 0.3) is 0 Å². The first-order valence-electron chi connectivity index (χ1n) is 6.99. The summed E-state index contributed by atoms with van der Waals surface area (Å²) < 4.78 is 5.54. The van der Waals surface area contributed by atoms with Crippen LogP contribution in [0.5, 0.6) is 5.75 Å². The quantitative estimate of drug-likeness (QED) is 0.863. The van der Waals surface area contributed by atoms with Crippen LogP contribution in [0, 0.1) is 5.92 Å². The highest BCUT2D eigenvalue weighted by Crippen LogP contribution is 2.33. The highest BCUT2D eigenvalue weighted by Gasteiger charge is 2.30. The SMILES string of the molecule is NC1CCC(CNC(=O)C2COc3ccccc32)C1. The van der Waals surface area contributed by atoms with Crippen LogP contribution in [0.2, 0.25) is 0 Å². The first-order valence-corrected chi connectivity index (χ1v) is 6.99. The highest BCUT2D eigenvalue weighted by molar-refractivity contribution is 5.85. The number of nitrogens with one attached hydrogen (secondary N) is 1. The zero-order valence-electron chi connectivity index (χ0n) is 11.0. The molecule has 0 spiro atoms. The van der Waals surface area contributed by atoms with Crippen molar-refractivity contribution < 1.29 is 9.53 Å². The van der Waals surface area contributed by atoms with Crippen LogP contribution in [0.1, 0.15) is 30.7 Å². The van der Waals surface area contributed by atoms with E-state index in [1.54, 1.807) is 0 Å². The lowest BCUT2D eigenvalue weighted by atomic mass is 10.00. The van der Waals surface area contributed by atoms with E-state index in [-0.39, 0.29) is 11.8 Å². The lowest BCUT2D eigenvalue weighted by Gasteiger charge is -2.14. The van der Waals surface area contributed by atoms with Crippen LogP contribution in [0.4, 0.5) is 0 Å². The van der Waals surface area contributed by atoms with Gasteiger partial charge in [-0.3, -0.25) is 4.79 Å². The van der Waals surface area contributed by atoms with Crippen molar-refractivity contribution in [2.75, 3.05) is 13.2 Å². The molecule has 0 aromatic heterocycles. The van der Waals surface area contributed by atoms with E-state index in [1.165, 1.54) is 0 Å². The molecule has 1 aromatic carbocycles. The summed E-state index contributed by atoms with van der Waals surface area (Å²) in [4.78, 5) is 12.2. The first-order chi connectivity index (χ1) is 9.24. The van der Waals surface area contributed by atoms with E-state index >= 15 is 0 Å². The van der Waals surface area contributed by atoms with Crippen LogP contribution < -0.4 is 15.8 Å². The number of hydrogen-bond donors (Lipinski definition) is 2. The molecule has 3 rings (SSSR count). The van der Waals surface area contributed by atoms with Crippen LogP contribution in [0.25, 0.3) is 0 Å². The number of fused-ring (bicyclic) bond motifs is 1. The largest absolute Gasteiger partial charge is 0.492 e. The summed E-state index contributed by atoms with van der Waals surface area (Å²) in [6, 6.07) is 8.08. The number of rotatable bonds is 3. The molecule has 3 atom stereocenters. The summed E-state index contributed by atoms with van der Waals surface area (Å²) in [6.07, 6.45) is 3.23. The first kappa shape index (κ1) is 12.5. The molecular formula is C15H20N2O2. The number of hydrogen-bond acceptors (Lipinski definition) is 3. The molecule has 4 heteroatoms. The third kappa shape index (κ3) is 2.59. The molecule has 2 aliphatic rings. The molecule has 1 fully saturated rings. The van der Waals surface area contributed by atoms with Crippen LogP contribution in [0.3, 0.4) is 0 Å². The fourth-order valence-corrected chi connectivity index (χ4v) is 3.05. The Morgan fingerprint density at radius 2 is 2.21 bits per heavy atom. The van der Waals surface area contributed by atoms with Crippen LogP contribution in [-0.4, -0.2) is 25.1 Å². The summed E-state index contributed by atoms with van der Waals surface area (Å²) in [5.74, 6) is 1.29. The molecule has 1 aromatic rings. The van der Waals surface area contributed by atoms with Gasteiger partial charge in [0.15, 0.2) is 0 Å². The maximum atomic E-state index is 12.2. The van der Waals surface area contributed by atoms with Gasteiger partial charge in [0.1, 0.15) is 18.3 Å².